The minimum Gasteiger partial charge on any atom is -0.497 e. The zero-order chi connectivity index (χ0) is 32.7. The molecule has 1 aliphatic heterocycles. The molecule has 0 aliphatic carbocycles. The third-order valence-corrected chi connectivity index (χ3v) is 9.36. The van der Waals surface area contributed by atoms with Gasteiger partial charge in [-0.2, -0.15) is 0 Å². The Balaban J connectivity index is 1.24. The Morgan fingerprint density at radius 1 is 0.826 bits per heavy atom. The molecule has 5 rings (SSSR count). The summed E-state index contributed by atoms with van der Waals surface area (Å²) in [5, 5.41) is 2.86. The van der Waals surface area contributed by atoms with E-state index in [1.807, 2.05) is 34.5 Å². The van der Waals surface area contributed by atoms with Crippen molar-refractivity contribution in [2.75, 3.05) is 59.0 Å². The van der Waals surface area contributed by atoms with Crippen molar-refractivity contribution in [3.63, 3.8) is 0 Å². The number of hydrogen-bond acceptors (Lipinski definition) is 8. The van der Waals surface area contributed by atoms with E-state index in [0.717, 1.165) is 60.5 Å². The minimum atomic E-state index is 0.00604. The molecule has 3 aromatic carbocycles. The number of thiazole rings is 1. The molecule has 0 unspecified atom stereocenters. The van der Waals surface area contributed by atoms with Crippen LogP contribution in [0.5, 0.6) is 17.2 Å². The number of hydrogen-bond donors (Lipinski definition) is 0. The SMILES string of the molecule is COc1ccc(N2CCN(C(=O)c3csc(CN(CCc4ccc(OC)c(OC)c4)Cc4ccc(C(C)(C)C)cc4)n3)CC2)cc1. The standard InChI is InChI=1S/C37H46N4O4S/c1-37(2,3)29-10-7-28(8-11-29)24-39(18-17-27-9-16-33(44-5)34(23-27)45-6)25-35-38-32(26-46-35)36(42)41-21-19-40(20-22-41)30-12-14-31(43-4)15-13-30/h7-16,23,26H,17-22,24-25H2,1-6H3. The number of carbonyl (C=O) groups excluding carboxylic acids is 1. The van der Waals surface area contributed by atoms with E-state index < -0.39 is 0 Å². The average Bonchev–Trinajstić information content (AvgIpc) is 3.55. The summed E-state index contributed by atoms with van der Waals surface area (Å²) in [6.45, 7) is 11.9. The fraction of sp³-hybridized carbons (Fsp3) is 0.405. The van der Waals surface area contributed by atoms with Gasteiger partial charge >= 0.3 is 0 Å². The number of methoxy groups -OCH3 is 3. The zero-order valence-electron chi connectivity index (χ0n) is 27.9. The maximum atomic E-state index is 13.5. The van der Waals surface area contributed by atoms with Gasteiger partial charge in [-0.15, -0.1) is 11.3 Å². The number of nitrogens with zero attached hydrogens (tertiary/aromatic N) is 4. The van der Waals surface area contributed by atoms with Crippen LogP contribution in [0.25, 0.3) is 0 Å². The molecular weight excluding hydrogens is 596 g/mol. The van der Waals surface area contributed by atoms with Gasteiger partial charge in [-0.25, -0.2) is 4.98 Å². The highest BCUT2D eigenvalue weighted by Gasteiger charge is 2.25. The number of rotatable bonds is 12. The van der Waals surface area contributed by atoms with Crippen LogP contribution in [-0.2, 0) is 24.9 Å². The number of benzene rings is 3. The van der Waals surface area contributed by atoms with Crippen LogP contribution in [0, 0.1) is 0 Å². The quantitative estimate of drug-likeness (QED) is 0.171. The van der Waals surface area contributed by atoms with Gasteiger partial charge in [0.05, 0.1) is 27.9 Å². The van der Waals surface area contributed by atoms with Crippen molar-refractivity contribution >= 4 is 22.9 Å². The third kappa shape index (κ3) is 8.39. The number of carbonyl (C=O) groups is 1. The molecule has 1 aliphatic rings. The van der Waals surface area contributed by atoms with Gasteiger partial charge < -0.3 is 24.0 Å². The van der Waals surface area contributed by atoms with Crippen LogP contribution in [0.3, 0.4) is 0 Å². The van der Waals surface area contributed by atoms with Crippen LogP contribution in [0.2, 0.25) is 0 Å². The lowest BCUT2D eigenvalue weighted by atomic mass is 9.87. The van der Waals surface area contributed by atoms with E-state index in [9.17, 15) is 4.79 Å². The summed E-state index contributed by atoms with van der Waals surface area (Å²) < 4.78 is 16.2. The summed E-state index contributed by atoms with van der Waals surface area (Å²) in [4.78, 5) is 24.9. The topological polar surface area (TPSA) is 67.4 Å². The normalized spacial score (nSPS) is 13.6. The first-order valence-corrected chi connectivity index (χ1v) is 16.7. The third-order valence-electron chi connectivity index (χ3n) is 8.52. The maximum absolute atomic E-state index is 13.5. The Morgan fingerprint density at radius 3 is 2.13 bits per heavy atom. The molecule has 0 radical (unpaired) electrons. The highest BCUT2D eigenvalue weighted by molar-refractivity contribution is 7.09. The Kier molecular flexibility index (Phi) is 10.9. The number of amides is 1. The molecule has 4 aromatic rings. The summed E-state index contributed by atoms with van der Waals surface area (Å²) >= 11 is 1.56. The average molecular weight is 643 g/mol. The molecule has 0 spiro atoms. The molecule has 244 valence electrons. The summed E-state index contributed by atoms with van der Waals surface area (Å²) in [5.74, 6) is 2.31. The second-order valence-electron chi connectivity index (χ2n) is 12.7. The predicted octanol–water partition coefficient (Wildman–Crippen LogP) is 6.67. The van der Waals surface area contributed by atoms with Crippen molar-refractivity contribution in [2.45, 2.75) is 45.7 Å². The predicted molar refractivity (Wildman–Crippen MR) is 186 cm³/mol. The lowest BCUT2D eigenvalue weighted by molar-refractivity contribution is 0.0741. The van der Waals surface area contributed by atoms with E-state index in [1.54, 1.807) is 32.7 Å². The second-order valence-corrected chi connectivity index (χ2v) is 13.6. The smallest absolute Gasteiger partial charge is 0.273 e. The van der Waals surface area contributed by atoms with Gasteiger partial charge in [0.2, 0.25) is 0 Å². The molecule has 2 heterocycles. The fourth-order valence-electron chi connectivity index (χ4n) is 5.70. The van der Waals surface area contributed by atoms with Crippen LogP contribution < -0.4 is 19.1 Å². The first kappa shape index (κ1) is 33.3. The first-order chi connectivity index (χ1) is 22.2. The summed E-state index contributed by atoms with van der Waals surface area (Å²) in [7, 11) is 4.99. The van der Waals surface area contributed by atoms with Crippen molar-refractivity contribution in [3.05, 3.63) is 99.5 Å². The van der Waals surface area contributed by atoms with Crippen LogP contribution in [0.1, 0.15) is 53.0 Å². The molecule has 0 N–H and O–H groups in total. The van der Waals surface area contributed by atoms with E-state index in [-0.39, 0.29) is 11.3 Å². The summed E-state index contributed by atoms with van der Waals surface area (Å²) in [5.41, 5.74) is 5.54. The van der Waals surface area contributed by atoms with Crippen LogP contribution in [0.4, 0.5) is 5.69 Å². The van der Waals surface area contributed by atoms with Gasteiger partial charge in [-0.1, -0.05) is 51.1 Å². The van der Waals surface area contributed by atoms with Crippen LogP contribution in [-0.4, -0.2) is 74.7 Å². The molecule has 1 amide bonds. The highest BCUT2D eigenvalue weighted by Crippen LogP contribution is 2.28. The van der Waals surface area contributed by atoms with Gasteiger partial charge in [0.1, 0.15) is 16.5 Å². The monoisotopic (exact) mass is 642 g/mol. The Labute approximate surface area is 277 Å². The van der Waals surface area contributed by atoms with Crippen molar-refractivity contribution in [3.8, 4) is 17.2 Å². The zero-order valence-corrected chi connectivity index (χ0v) is 28.7. The molecular formula is C37H46N4O4S. The minimum absolute atomic E-state index is 0.00604. The van der Waals surface area contributed by atoms with Gasteiger partial charge in [-0.05, 0) is 64.9 Å². The molecule has 8 nitrogen and oxygen atoms in total. The largest absolute Gasteiger partial charge is 0.497 e. The van der Waals surface area contributed by atoms with E-state index in [2.05, 4.69) is 73.0 Å². The van der Waals surface area contributed by atoms with Crippen molar-refractivity contribution in [1.29, 1.82) is 0 Å². The van der Waals surface area contributed by atoms with Crippen LogP contribution in [0.15, 0.2) is 72.1 Å². The fourth-order valence-corrected chi connectivity index (χ4v) is 6.51. The van der Waals surface area contributed by atoms with Crippen molar-refractivity contribution < 1.29 is 19.0 Å². The van der Waals surface area contributed by atoms with E-state index in [1.165, 1.54) is 16.7 Å². The molecule has 0 saturated carbocycles. The molecule has 9 heteroatoms. The highest BCUT2D eigenvalue weighted by atomic mass is 32.1. The molecule has 1 fully saturated rings. The van der Waals surface area contributed by atoms with Gasteiger partial charge in [0, 0.05) is 50.3 Å². The first-order valence-electron chi connectivity index (χ1n) is 15.8. The Morgan fingerprint density at radius 2 is 1.50 bits per heavy atom. The number of anilines is 1. The second kappa shape index (κ2) is 15.0. The van der Waals surface area contributed by atoms with Crippen LogP contribution >= 0.6 is 11.3 Å². The van der Waals surface area contributed by atoms with E-state index >= 15 is 0 Å². The Bertz CT molecular complexity index is 1570. The van der Waals surface area contributed by atoms with E-state index in [0.29, 0.717) is 25.3 Å². The molecule has 1 aromatic heterocycles. The van der Waals surface area contributed by atoms with Gasteiger partial charge in [0.25, 0.3) is 5.91 Å². The number of piperazine rings is 1. The molecule has 0 atom stereocenters. The molecule has 0 bridgehead atoms. The van der Waals surface area contributed by atoms with Crippen molar-refractivity contribution in [1.82, 2.24) is 14.8 Å². The number of aromatic nitrogens is 1. The molecule has 46 heavy (non-hydrogen) atoms. The lowest BCUT2D eigenvalue weighted by Gasteiger charge is -2.35. The summed E-state index contributed by atoms with van der Waals surface area (Å²) in [6, 6.07) is 23.1. The van der Waals surface area contributed by atoms with Gasteiger partial charge in [0.15, 0.2) is 11.5 Å². The lowest BCUT2D eigenvalue weighted by Crippen LogP contribution is -2.48. The summed E-state index contributed by atoms with van der Waals surface area (Å²) in [6.07, 6.45) is 0.843. The van der Waals surface area contributed by atoms with Crippen molar-refractivity contribution in [2.24, 2.45) is 0 Å². The van der Waals surface area contributed by atoms with Gasteiger partial charge in [-0.3, -0.25) is 9.69 Å². The van der Waals surface area contributed by atoms with E-state index in [4.69, 9.17) is 19.2 Å². The molecule has 1 saturated heterocycles. The Hall–Kier alpha value is -4.08. The number of ether oxygens (including phenoxy) is 3. The maximum Gasteiger partial charge on any atom is 0.273 e.